The van der Waals surface area contributed by atoms with Crippen LogP contribution in [0.4, 0.5) is 0 Å². The Morgan fingerprint density at radius 2 is 0.984 bits per heavy atom. The van der Waals surface area contributed by atoms with Gasteiger partial charge in [0.05, 0.1) is 25.4 Å². The number of hydrogen-bond acceptors (Lipinski definition) is 8. The zero-order valence-corrected chi connectivity index (χ0v) is 40.0. The highest BCUT2D eigenvalue weighted by Crippen LogP contribution is 2.22. The van der Waals surface area contributed by atoms with Gasteiger partial charge in [-0.2, -0.15) is 0 Å². The van der Waals surface area contributed by atoms with Gasteiger partial charge in [0, 0.05) is 6.42 Å². The van der Waals surface area contributed by atoms with Crippen molar-refractivity contribution in [3.8, 4) is 0 Å². The van der Waals surface area contributed by atoms with Crippen LogP contribution in [0.3, 0.4) is 0 Å². The molecule has 0 aliphatic carbocycles. The quantitative estimate of drug-likeness (QED) is 0.0263. The van der Waals surface area contributed by atoms with Gasteiger partial charge in [-0.15, -0.1) is 0 Å². The smallest absolute Gasteiger partial charge is 0.220 e. The monoisotopic (exact) mass is 894 g/mol. The summed E-state index contributed by atoms with van der Waals surface area (Å²) in [5, 5.41) is 54.2. The standard InChI is InChI=1S/C55H91NO8/c1-3-5-7-9-11-13-15-17-18-19-20-21-22-23-24-25-26-27-28-29-30-31-32-33-35-37-39-41-43-45-51(59)56-48(47-63-55-54(62)53(61)52(60)50(46-57)64-55)49(58)44-42-40-38-36-34-16-14-12-10-8-6-4-2/h5,7,10-13,17-18,20-21,23-24,26-27,34,36,42,44,48-50,52-55,57-58,60-62H,3-4,6,8-9,14-16,19,22,25,28-33,35,37-41,43,45-47H2,1-2H3,(H,56,59)/b7-5-,12-10+,13-11-,18-17-,21-20-,24-23-,27-26-,36-34+,44-42+. The van der Waals surface area contributed by atoms with Gasteiger partial charge in [-0.05, 0) is 89.9 Å². The van der Waals surface area contributed by atoms with Crippen LogP contribution in [-0.2, 0) is 14.3 Å². The minimum Gasteiger partial charge on any atom is -0.394 e. The van der Waals surface area contributed by atoms with Crippen molar-refractivity contribution in [3.05, 3.63) is 109 Å². The molecular formula is C55H91NO8. The predicted molar refractivity (Wildman–Crippen MR) is 267 cm³/mol. The number of aliphatic hydroxyl groups is 5. The van der Waals surface area contributed by atoms with Crippen molar-refractivity contribution in [2.45, 2.75) is 217 Å². The van der Waals surface area contributed by atoms with Gasteiger partial charge in [-0.3, -0.25) is 4.79 Å². The molecule has 0 aromatic carbocycles. The number of nitrogens with one attached hydrogen (secondary N) is 1. The first kappa shape index (κ1) is 58.9. The summed E-state index contributed by atoms with van der Waals surface area (Å²) in [5.41, 5.74) is 0. The molecule has 1 rings (SSSR count). The lowest BCUT2D eigenvalue weighted by molar-refractivity contribution is -0.302. The number of unbranched alkanes of at least 4 members (excludes halogenated alkanes) is 14. The number of rotatable bonds is 40. The van der Waals surface area contributed by atoms with Crippen molar-refractivity contribution >= 4 is 5.91 Å². The van der Waals surface area contributed by atoms with E-state index in [0.29, 0.717) is 6.42 Å². The minimum atomic E-state index is -1.58. The lowest BCUT2D eigenvalue weighted by Gasteiger charge is -2.40. The van der Waals surface area contributed by atoms with Crippen molar-refractivity contribution in [1.82, 2.24) is 5.32 Å². The molecule has 7 atom stereocenters. The Kier molecular flexibility index (Phi) is 40.2. The Labute approximate surface area is 389 Å². The Morgan fingerprint density at radius 3 is 1.50 bits per heavy atom. The van der Waals surface area contributed by atoms with Crippen molar-refractivity contribution in [3.63, 3.8) is 0 Å². The second kappa shape index (κ2) is 43.7. The molecule has 1 saturated heterocycles. The van der Waals surface area contributed by atoms with Gasteiger partial charge in [0.25, 0.3) is 0 Å². The maximum atomic E-state index is 13.0. The summed E-state index contributed by atoms with van der Waals surface area (Å²) < 4.78 is 11.2. The number of carbonyl (C=O) groups is 1. The highest BCUT2D eigenvalue weighted by molar-refractivity contribution is 5.76. The maximum Gasteiger partial charge on any atom is 0.220 e. The Bertz CT molecular complexity index is 1360. The Morgan fingerprint density at radius 1 is 0.547 bits per heavy atom. The number of amides is 1. The molecule has 0 aromatic rings. The molecule has 9 nitrogen and oxygen atoms in total. The fourth-order valence-corrected chi connectivity index (χ4v) is 7.06. The molecule has 0 saturated carbocycles. The van der Waals surface area contributed by atoms with E-state index in [2.05, 4.69) is 116 Å². The molecule has 1 aliphatic rings. The molecule has 9 heteroatoms. The Balaban J connectivity index is 2.25. The van der Waals surface area contributed by atoms with Crippen LogP contribution in [0.5, 0.6) is 0 Å². The number of carbonyl (C=O) groups excluding carboxylic acids is 1. The molecule has 0 radical (unpaired) electrons. The summed E-state index contributed by atoms with van der Waals surface area (Å²) in [6.45, 7) is 3.56. The van der Waals surface area contributed by atoms with Crippen LogP contribution >= 0.6 is 0 Å². The van der Waals surface area contributed by atoms with E-state index in [4.69, 9.17) is 9.47 Å². The highest BCUT2D eigenvalue weighted by Gasteiger charge is 2.44. The molecule has 364 valence electrons. The minimum absolute atomic E-state index is 0.203. The number of hydrogen-bond donors (Lipinski definition) is 6. The van der Waals surface area contributed by atoms with E-state index in [1.54, 1.807) is 6.08 Å². The third-order valence-electron chi connectivity index (χ3n) is 11.1. The van der Waals surface area contributed by atoms with E-state index in [-0.39, 0.29) is 12.5 Å². The molecule has 6 N–H and O–H groups in total. The fourth-order valence-electron chi connectivity index (χ4n) is 7.06. The van der Waals surface area contributed by atoms with Crippen LogP contribution in [0.25, 0.3) is 0 Å². The van der Waals surface area contributed by atoms with Crippen molar-refractivity contribution in [2.24, 2.45) is 0 Å². The molecule has 0 spiro atoms. The van der Waals surface area contributed by atoms with Gasteiger partial charge in [-0.1, -0.05) is 187 Å². The van der Waals surface area contributed by atoms with Crippen molar-refractivity contribution in [2.75, 3.05) is 13.2 Å². The van der Waals surface area contributed by atoms with E-state index < -0.39 is 49.5 Å². The lowest BCUT2D eigenvalue weighted by atomic mass is 9.99. The molecule has 64 heavy (non-hydrogen) atoms. The molecule has 0 aromatic heterocycles. The molecule has 1 aliphatic heterocycles. The van der Waals surface area contributed by atoms with Crippen LogP contribution in [-0.4, -0.2) is 87.5 Å². The zero-order valence-electron chi connectivity index (χ0n) is 40.0. The third-order valence-corrected chi connectivity index (χ3v) is 11.1. The SMILES string of the molecule is CC/C=C\C/C=C\C/C=C\C/C=C\C/C=C\C/C=C\CCCCCCCCCCCCC(=O)NC(COC1OC(CO)C(O)C(O)C1O)C(O)/C=C/CC/C=C/CC/C=C/CCCC. The molecule has 0 bridgehead atoms. The largest absolute Gasteiger partial charge is 0.394 e. The molecule has 7 unspecified atom stereocenters. The van der Waals surface area contributed by atoms with Gasteiger partial charge in [0.1, 0.15) is 24.4 Å². The summed E-state index contributed by atoms with van der Waals surface area (Å²) in [7, 11) is 0. The summed E-state index contributed by atoms with van der Waals surface area (Å²) in [6, 6.07) is -0.836. The van der Waals surface area contributed by atoms with Crippen molar-refractivity contribution in [1.29, 1.82) is 0 Å². The Hall–Kier alpha value is -3.15. The lowest BCUT2D eigenvalue weighted by Crippen LogP contribution is -2.60. The zero-order chi connectivity index (χ0) is 46.6. The van der Waals surface area contributed by atoms with Crippen molar-refractivity contribution < 1.29 is 39.8 Å². The summed E-state index contributed by atoms with van der Waals surface area (Å²) in [6.07, 6.45) is 57.1. The van der Waals surface area contributed by atoms with E-state index in [1.165, 1.54) is 51.4 Å². The number of aliphatic hydroxyl groups excluding tert-OH is 5. The number of allylic oxidation sites excluding steroid dienone is 17. The maximum absolute atomic E-state index is 13.0. The fraction of sp³-hybridized carbons (Fsp3) is 0.655. The first-order valence-corrected chi connectivity index (χ1v) is 25.1. The van der Waals surface area contributed by atoms with E-state index in [9.17, 15) is 30.3 Å². The summed E-state index contributed by atoms with van der Waals surface area (Å²) >= 11 is 0. The molecular weight excluding hydrogens is 803 g/mol. The highest BCUT2D eigenvalue weighted by atomic mass is 16.7. The average Bonchev–Trinajstić information content (AvgIpc) is 3.29. The summed E-state index contributed by atoms with van der Waals surface area (Å²) in [4.78, 5) is 13.0. The number of ether oxygens (including phenoxy) is 2. The first-order chi connectivity index (χ1) is 31.3. The van der Waals surface area contributed by atoms with Crippen LogP contribution in [0.15, 0.2) is 109 Å². The van der Waals surface area contributed by atoms with E-state index in [0.717, 1.165) is 103 Å². The van der Waals surface area contributed by atoms with E-state index >= 15 is 0 Å². The topological polar surface area (TPSA) is 149 Å². The second-order valence-corrected chi connectivity index (χ2v) is 16.9. The van der Waals surface area contributed by atoms with Gasteiger partial charge < -0.3 is 40.3 Å². The van der Waals surface area contributed by atoms with Crippen LogP contribution in [0, 0.1) is 0 Å². The second-order valence-electron chi connectivity index (χ2n) is 16.9. The van der Waals surface area contributed by atoms with Gasteiger partial charge in [-0.25, -0.2) is 0 Å². The van der Waals surface area contributed by atoms with Gasteiger partial charge in [0.2, 0.25) is 5.91 Å². The molecule has 1 heterocycles. The van der Waals surface area contributed by atoms with Gasteiger partial charge in [0.15, 0.2) is 6.29 Å². The van der Waals surface area contributed by atoms with Crippen LogP contribution in [0.1, 0.15) is 174 Å². The predicted octanol–water partition coefficient (Wildman–Crippen LogP) is 11.4. The molecule has 1 fully saturated rings. The average molecular weight is 894 g/mol. The third kappa shape index (κ3) is 33.3. The van der Waals surface area contributed by atoms with Gasteiger partial charge >= 0.3 is 0 Å². The van der Waals surface area contributed by atoms with E-state index in [1.807, 2.05) is 6.08 Å². The normalized spacial score (nSPS) is 21.0. The molecule has 1 amide bonds. The first-order valence-electron chi connectivity index (χ1n) is 25.1. The van der Waals surface area contributed by atoms with Crippen LogP contribution < -0.4 is 5.32 Å². The van der Waals surface area contributed by atoms with Crippen LogP contribution in [0.2, 0.25) is 0 Å². The summed E-state index contributed by atoms with van der Waals surface area (Å²) in [5.74, 6) is -0.203.